The Morgan fingerprint density at radius 1 is 0.920 bits per heavy atom. The Hall–Kier alpha value is -2.44. The standard InChI is InChI=1S/C12H17N3O2.C6H12O2/c1-3-9(4-2)11(16)14-15-12(17)10-5-7-13-8-6-10;1-3-5(4-2)6(7)8/h5-9H,3-4H2,1-2H3,(H,14,16)(H,15,17);5H,3-4H2,1-2H3,(H,7,8). The smallest absolute Gasteiger partial charge is 0.306 e. The Balaban J connectivity index is 0.000000609. The summed E-state index contributed by atoms with van der Waals surface area (Å²) in [5.41, 5.74) is 5.27. The van der Waals surface area contributed by atoms with Crippen LogP contribution in [-0.4, -0.2) is 27.9 Å². The van der Waals surface area contributed by atoms with E-state index in [-0.39, 0.29) is 23.7 Å². The van der Waals surface area contributed by atoms with Crippen LogP contribution in [0.1, 0.15) is 63.7 Å². The van der Waals surface area contributed by atoms with E-state index < -0.39 is 5.97 Å². The molecule has 0 bridgehead atoms. The van der Waals surface area contributed by atoms with Crippen molar-refractivity contribution in [2.24, 2.45) is 11.8 Å². The fourth-order valence-electron chi connectivity index (χ4n) is 2.09. The highest BCUT2D eigenvalue weighted by Gasteiger charge is 2.14. The number of carboxylic acid groups (broad SMARTS) is 1. The molecular formula is C18H29N3O4. The lowest BCUT2D eigenvalue weighted by atomic mass is 10.0. The fourth-order valence-corrected chi connectivity index (χ4v) is 2.09. The summed E-state index contributed by atoms with van der Waals surface area (Å²) < 4.78 is 0. The molecule has 0 aliphatic rings. The number of amides is 2. The maximum absolute atomic E-state index is 11.6. The number of carbonyl (C=O) groups excluding carboxylic acids is 2. The van der Waals surface area contributed by atoms with E-state index in [0.717, 1.165) is 25.7 Å². The average Bonchev–Trinajstić information content (AvgIpc) is 2.62. The number of carboxylic acids is 1. The SMILES string of the molecule is CCC(CC)C(=O)NNC(=O)c1ccncc1.CCC(CC)C(=O)O. The van der Waals surface area contributed by atoms with Crippen LogP contribution in [0.4, 0.5) is 0 Å². The first-order chi connectivity index (χ1) is 11.9. The average molecular weight is 351 g/mol. The van der Waals surface area contributed by atoms with Crippen molar-refractivity contribution in [3.63, 3.8) is 0 Å². The maximum Gasteiger partial charge on any atom is 0.306 e. The summed E-state index contributed by atoms with van der Waals surface area (Å²) in [5, 5.41) is 8.37. The Kier molecular flexibility index (Phi) is 11.7. The second-order valence-electron chi connectivity index (χ2n) is 5.54. The molecule has 25 heavy (non-hydrogen) atoms. The van der Waals surface area contributed by atoms with E-state index in [0.29, 0.717) is 5.56 Å². The zero-order valence-corrected chi connectivity index (χ0v) is 15.4. The first-order valence-corrected chi connectivity index (χ1v) is 8.64. The quantitative estimate of drug-likeness (QED) is 0.655. The highest BCUT2D eigenvalue weighted by molar-refractivity contribution is 5.95. The van der Waals surface area contributed by atoms with E-state index >= 15 is 0 Å². The molecule has 0 fully saturated rings. The van der Waals surface area contributed by atoms with Crippen molar-refractivity contribution < 1.29 is 19.5 Å². The van der Waals surface area contributed by atoms with Crippen LogP contribution in [0, 0.1) is 11.8 Å². The number of hydrogen-bond donors (Lipinski definition) is 3. The van der Waals surface area contributed by atoms with Gasteiger partial charge < -0.3 is 5.11 Å². The Bertz CT molecular complexity index is 526. The van der Waals surface area contributed by atoms with Gasteiger partial charge in [0.25, 0.3) is 5.91 Å². The van der Waals surface area contributed by atoms with Gasteiger partial charge in [-0.2, -0.15) is 0 Å². The van der Waals surface area contributed by atoms with Crippen LogP contribution in [-0.2, 0) is 9.59 Å². The largest absolute Gasteiger partial charge is 0.481 e. The van der Waals surface area contributed by atoms with Gasteiger partial charge in [-0.1, -0.05) is 27.7 Å². The van der Waals surface area contributed by atoms with Crippen LogP contribution in [0.5, 0.6) is 0 Å². The van der Waals surface area contributed by atoms with Gasteiger partial charge in [0.15, 0.2) is 0 Å². The molecule has 0 atom stereocenters. The number of nitrogens with zero attached hydrogens (tertiary/aromatic N) is 1. The molecule has 0 spiro atoms. The number of nitrogens with one attached hydrogen (secondary N) is 2. The Morgan fingerprint density at radius 2 is 1.40 bits per heavy atom. The van der Waals surface area contributed by atoms with Crippen LogP contribution in [0.2, 0.25) is 0 Å². The Morgan fingerprint density at radius 3 is 1.76 bits per heavy atom. The first kappa shape index (κ1) is 22.6. The van der Waals surface area contributed by atoms with E-state index in [4.69, 9.17) is 5.11 Å². The summed E-state index contributed by atoms with van der Waals surface area (Å²) >= 11 is 0. The number of aromatic nitrogens is 1. The van der Waals surface area contributed by atoms with Gasteiger partial charge in [0, 0.05) is 23.9 Å². The number of rotatable bonds is 7. The normalized spacial score (nSPS) is 10.0. The van der Waals surface area contributed by atoms with Gasteiger partial charge in [0.05, 0.1) is 5.92 Å². The van der Waals surface area contributed by atoms with Crippen molar-refractivity contribution >= 4 is 17.8 Å². The van der Waals surface area contributed by atoms with Crippen molar-refractivity contribution in [1.29, 1.82) is 0 Å². The molecule has 1 rings (SSSR count). The van der Waals surface area contributed by atoms with Gasteiger partial charge in [-0.25, -0.2) is 0 Å². The lowest BCUT2D eigenvalue weighted by molar-refractivity contribution is -0.141. The third kappa shape index (κ3) is 8.83. The van der Waals surface area contributed by atoms with Crippen molar-refractivity contribution in [3.8, 4) is 0 Å². The van der Waals surface area contributed by atoms with E-state index in [2.05, 4.69) is 15.8 Å². The van der Waals surface area contributed by atoms with Crippen molar-refractivity contribution in [2.45, 2.75) is 53.4 Å². The van der Waals surface area contributed by atoms with Crippen LogP contribution in [0.3, 0.4) is 0 Å². The molecule has 0 saturated carbocycles. The number of aliphatic carboxylic acids is 1. The molecule has 3 N–H and O–H groups in total. The summed E-state index contributed by atoms with van der Waals surface area (Å²) in [5.74, 6) is -1.36. The molecule has 0 aliphatic heterocycles. The van der Waals surface area contributed by atoms with Gasteiger partial charge >= 0.3 is 5.97 Å². The highest BCUT2D eigenvalue weighted by Crippen LogP contribution is 2.06. The summed E-state index contributed by atoms with van der Waals surface area (Å²) in [6.45, 7) is 7.67. The number of hydrazine groups is 1. The van der Waals surface area contributed by atoms with Crippen molar-refractivity contribution in [1.82, 2.24) is 15.8 Å². The number of carbonyl (C=O) groups is 3. The molecule has 0 saturated heterocycles. The molecule has 140 valence electrons. The van der Waals surface area contributed by atoms with E-state index in [1.165, 1.54) is 12.4 Å². The molecule has 1 aromatic heterocycles. The molecular weight excluding hydrogens is 322 g/mol. The minimum absolute atomic E-state index is 0.0623. The minimum Gasteiger partial charge on any atom is -0.481 e. The number of pyridine rings is 1. The number of hydrogen-bond acceptors (Lipinski definition) is 4. The topological polar surface area (TPSA) is 108 Å². The lowest BCUT2D eigenvalue weighted by Crippen LogP contribution is -2.44. The lowest BCUT2D eigenvalue weighted by Gasteiger charge is -2.13. The second-order valence-corrected chi connectivity index (χ2v) is 5.54. The van der Waals surface area contributed by atoms with Crippen LogP contribution >= 0.6 is 0 Å². The van der Waals surface area contributed by atoms with Gasteiger partial charge in [0.1, 0.15) is 0 Å². The van der Waals surface area contributed by atoms with Gasteiger partial charge in [-0.3, -0.25) is 30.2 Å². The van der Waals surface area contributed by atoms with Crippen molar-refractivity contribution in [2.75, 3.05) is 0 Å². The zero-order valence-electron chi connectivity index (χ0n) is 15.4. The third-order valence-electron chi connectivity index (χ3n) is 3.93. The van der Waals surface area contributed by atoms with Crippen LogP contribution < -0.4 is 10.9 Å². The highest BCUT2D eigenvalue weighted by atomic mass is 16.4. The van der Waals surface area contributed by atoms with Gasteiger partial charge in [-0.05, 0) is 37.8 Å². The summed E-state index contributed by atoms with van der Waals surface area (Å²) in [7, 11) is 0. The molecule has 0 aromatic carbocycles. The molecule has 1 aromatic rings. The molecule has 2 amide bonds. The third-order valence-corrected chi connectivity index (χ3v) is 3.93. The molecule has 7 nitrogen and oxygen atoms in total. The van der Waals surface area contributed by atoms with E-state index in [9.17, 15) is 14.4 Å². The summed E-state index contributed by atoms with van der Waals surface area (Å²) in [6, 6.07) is 3.16. The van der Waals surface area contributed by atoms with Crippen molar-refractivity contribution in [3.05, 3.63) is 30.1 Å². The maximum atomic E-state index is 11.6. The predicted octanol–water partition coefficient (Wildman–Crippen LogP) is 2.79. The molecule has 7 heteroatoms. The van der Waals surface area contributed by atoms with Gasteiger partial charge in [0.2, 0.25) is 5.91 Å². The van der Waals surface area contributed by atoms with E-state index in [1.807, 2.05) is 27.7 Å². The molecule has 0 unspecified atom stereocenters. The molecule has 1 heterocycles. The monoisotopic (exact) mass is 351 g/mol. The summed E-state index contributed by atoms with van der Waals surface area (Å²) in [6.07, 6.45) is 6.05. The molecule has 0 aliphatic carbocycles. The van der Waals surface area contributed by atoms with Crippen LogP contribution in [0.25, 0.3) is 0 Å². The minimum atomic E-state index is -0.671. The zero-order chi connectivity index (χ0) is 19.2. The van der Waals surface area contributed by atoms with Crippen LogP contribution in [0.15, 0.2) is 24.5 Å². The van der Waals surface area contributed by atoms with E-state index in [1.54, 1.807) is 12.1 Å². The Labute approximate surface area is 149 Å². The van der Waals surface area contributed by atoms with Gasteiger partial charge in [-0.15, -0.1) is 0 Å². The second kappa shape index (κ2) is 12.9. The fraction of sp³-hybridized carbons (Fsp3) is 0.556. The summed E-state index contributed by atoms with van der Waals surface area (Å²) in [4.78, 5) is 37.2. The predicted molar refractivity (Wildman–Crippen MR) is 95.6 cm³/mol. The first-order valence-electron chi connectivity index (χ1n) is 8.64. The molecule has 0 radical (unpaired) electrons.